The fourth-order valence-electron chi connectivity index (χ4n) is 2.10. The molecule has 0 aliphatic carbocycles. The highest BCUT2D eigenvalue weighted by molar-refractivity contribution is 5.98. The standard InChI is InChI=1S/C16H15F3N4O2/c1-2-23(15(25)13-9-20-7-8-21-13)10-14(24)22-12-6-4-3-5-11(12)16(17,18)19/h3-9H,2,10H2,1H3,(H,22,24). The number of amides is 2. The molecule has 2 amide bonds. The molecule has 0 aliphatic rings. The molecule has 9 heteroatoms. The van der Waals surface area contributed by atoms with Gasteiger partial charge in [-0.1, -0.05) is 12.1 Å². The lowest BCUT2D eigenvalue weighted by Gasteiger charge is -2.20. The second-order valence-electron chi connectivity index (χ2n) is 5.00. The highest BCUT2D eigenvalue weighted by atomic mass is 19.4. The van der Waals surface area contributed by atoms with Crippen molar-refractivity contribution >= 4 is 17.5 Å². The monoisotopic (exact) mass is 352 g/mol. The number of anilines is 1. The Labute approximate surface area is 141 Å². The lowest BCUT2D eigenvalue weighted by molar-refractivity contribution is -0.137. The van der Waals surface area contributed by atoms with Crippen molar-refractivity contribution in [3.8, 4) is 0 Å². The Morgan fingerprint density at radius 3 is 2.52 bits per heavy atom. The van der Waals surface area contributed by atoms with Gasteiger partial charge in [0.1, 0.15) is 12.2 Å². The number of hydrogen-bond acceptors (Lipinski definition) is 4. The molecular formula is C16H15F3N4O2. The third-order valence-corrected chi connectivity index (χ3v) is 3.29. The zero-order chi connectivity index (χ0) is 18.4. The number of carbonyl (C=O) groups is 2. The summed E-state index contributed by atoms with van der Waals surface area (Å²) in [6.07, 6.45) is -0.611. The molecule has 1 heterocycles. The zero-order valence-corrected chi connectivity index (χ0v) is 13.2. The first-order chi connectivity index (χ1) is 11.8. The summed E-state index contributed by atoms with van der Waals surface area (Å²) in [6.45, 7) is 1.42. The van der Waals surface area contributed by atoms with Crippen molar-refractivity contribution in [3.63, 3.8) is 0 Å². The minimum Gasteiger partial charge on any atom is -0.328 e. The Morgan fingerprint density at radius 2 is 1.92 bits per heavy atom. The van der Waals surface area contributed by atoms with E-state index < -0.39 is 30.1 Å². The molecule has 1 N–H and O–H groups in total. The summed E-state index contributed by atoms with van der Waals surface area (Å²) < 4.78 is 38.8. The van der Waals surface area contributed by atoms with Crippen molar-refractivity contribution in [2.24, 2.45) is 0 Å². The Hall–Kier alpha value is -2.97. The second-order valence-corrected chi connectivity index (χ2v) is 5.00. The summed E-state index contributed by atoms with van der Waals surface area (Å²) in [4.78, 5) is 33.1. The number of hydrogen-bond donors (Lipinski definition) is 1. The van der Waals surface area contributed by atoms with Gasteiger partial charge in [0.05, 0.1) is 17.4 Å². The molecule has 25 heavy (non-hydrogen) atoms. The van der Waals surface area contributed by atoms with Crippen molar-refractivity contribution in [3.05, 3.63) is 54.1 Å². The Morgan fingerprint density at radius 1 is 1.20 bits per heavy atom. The normalized spacial score (nSPS) is 11.0. The Bertz CT molecular complexity index is 751. The van der Waals surface area contributed by atoms with Gasteiger partial charge in [0.15, 0.2) is 0 Å². The smallest absolute Gasteiger partial charge is 0.328 e. The van der Waals surface area contributed by atoms with Crippen LogP contribution in [0.4, 0.5) is 18.9 Å². The summed E-state index contributed by atoms with van der Waals surface area (Å²) in [5.74, 6) is -1.27. The molecule has 1 aromatic carbocycles. The van der Waals surface area contributed by atoms with E-state index in [1.807, 2.05) is 0 Å². The van der Waals surface area contributed by atoms with Crippen molar-refractivity contribution in [1.29, 1.82) is 0 Å². The minimum absolute atomic E-state index is 0.0489. The van der Waals surface area contributed by atoms with E-state index >= 15 is 0 Å². The molecular weight excluding hydrogens is 337 g/mol. The number of para-hydroxylation sites is 1. The van der Waals surface area contributed by atoms with Crippen LogP contribution in [-0.4, -0.2) is 39.8 Å². The van der Waals surface area contributed by atoms with Crippen LogP contribution in [0.25, 0.3) is 0 Å². The van der Waals surface area contributed by atoms with E-state index in [1.165, 1.54) is 30.7 Å². The number of halogens is 3. The predicted molar refractivity (Wildman–Crippen MR) is 83.7 cm³/mol. The molecule has 0 radical (unpaired) electrons. The highest BCUT2D eigenvalue weighted by Crippen LogP contribution is 2.34. The summed E-state index contributed by atoms with van der Waals surface area (Å²) in [7, 11) is 0. The van der Waals surface area contributed by atoms with Crippen LogP contribution in [0, 0.1) is 0 Å². The van der Waals surface area contributed by atoms with Crippen LogP contribution in [0.1, 0.15) is 23.0 Å². The molecule has 1 aromatic heterocycles. The van der Waals surface area contributed by atoms with Gasteiger partial charge >= 0.3 is 6.18 Å². The molecule has 0 bridgehead atoms. The number of nitrogens with zero attached hydrogens (tertiary/aromatic N) is 3. The summed E-state index contributed by atoms with van der Waals surface area (Å²) >= 11 is 0. The van der Waals surface area contributed by atoms with Crippen LogP contribution in [0.2, 0.25) is 0 Å². The van der Waals surface area contributed by atoms with Crippen LogP contribution in [0.3, 0.4) is 0 Å². The van der Waals surface area contributed by atoms with Crippen LogP contribution < -0.4 is 5.32 Å². The van der Waals surface area contributed by atoms with E-state index in [-0.39, 0.29) is 17.9 Å². The molecule has 0 unspecified atom stereocenters. The summed E-state index contributed by atoms with van der Waals surface area (Å²) in [5.41, 5.74) is -1.26. The molecule has 2 aromatic rings. The first kappa shape index (κ1) is 18.4. The fourth-order valence-corrected chi connectivity index (χ4v) is 2.10. The maximum atomic E-state index is 12.9. The van der Waals surface area contributed by atoms with Crippen LogP contribution >= 0.6 is 0 Å². The Kier molecular flexibility index (Phi) is 5.68. The van der Waals surface area contributed by atoms with Gasteiger partial charge in [-0.05, 0) is 19.1 Å². The number of likely N-dealkylation sites (N-methyl/N-ethyl adjacent to an activating group) is 1. The fraction of sp³-hybridized carbons (Fsp3) is 0.250. The van der Waals surface area contributed by atoms with Gasteiger partial charge in [0, 0.05) is 18.9 Å². The molecule has 0 spiro atoms. The molecule has 0 aliphatic heterocycles. The van der Waals surface area contributed by atoms with E-state index in [1.54, 1.807) is 6.92 Å². The third-order valence-electron chi connectivity index (χ3n) is 3.29. The quantitative estimate of drug-likeness (QED) is 0.898. The van der Waals surface area contributed by atoms with Gasteiger partial charge in [-0.3, -0.25) is 14.6 Å². The number of aromatic nitrogens is 2. The first-order valence-electron chi connectivity index (χ1n) is 7.34. The molecule has 132 valence electrons. The predicted octanol–water partition coefficient (Wildman–Crippen LogP) is 2.60. The number of benzene rings is 1. The van der Waals surface area contributed by atoms with Crippen molar-refractivity contribution in [2.75, 3.05) is 18.4 Å². The van der Waals surface area contributed by atoms with E-state index in [0.717, 1.165) is 17.0 Å². The molecule has 0 fully saturated rings. The maximum absolute atomic E-state index is 12.9. The average Bonchev–Trinajstić information content (AvgIpc) is 2.59. The Balaban J connectivity index is 2.10. The molecule has 0 saturated carbocycles. The lowest BCUT2D eigenvalue weighted by atomic mass is 10.1. The van der Waals surface area contributed by atoms with E-state index in [2.05, 4.69) is 15.3 Å². The highest BCUT2D eigenvalue weighted by Gasteiger charge is 2.33. The number of alkyl halides is 3. The molecule has 0 atom stereocenters. The number of rotatable bonds is 5. The largest absolute Gasteiger partial charge is 0.418 e. The van der Waals surface area contributed by atoms with Crippen molar-refractivity contribution < 1.29 is 22.8 Å². The maximum Gasteiger partial charge on any atom is 0.418 e. The zero-order valence-electron chi connectivity index (χ0n) is 13.2. The van der Waals surface area contributed by atoms with E-state index in [0.29, 0.717) is 0 Å². The topological polar surface area (TPSA) is 75.2 Å². The van der Waals surface area contributed by atoms with Gasteiger partial charge in [0.2, 0.25) is 5.91 Å². The average molecular weight is 352 g/mol. The van der Waals surface area contributed by atoms with Gasteiger partial charge in [0.25, 0.3) is 5.91 Å². The number of nitrogens with one attached hydrogen (secondary N) is 1. The van der Waals surface area contributed by atoms with E-state index in [9.17, 15) is 22.8 Å². The van der Waals surface area contributed by atoms with Crippen LogP contribution in [0.15, 0.2) is 42.9 Å². The van der Waals surface area contributed by atoms with Crippen LogP contribution in [0.5, 0.6) is 0 Å². The minimum atomic E-state index is -4.59. The molecule has 0 saturated heterocycles. The van der Waals surface area contributed by atoms with Crippen molar-refractivity contribution in [1.82, 2.24) is 14.9 Å². The second kappa shape index (κ2) is 7.73. The van der Waals surface area contributed by atoms with Crippen molar-refractivity contribution in [2.45, 2.75) is 13.1 Å². The first-order valence-corrected chi connectivity index (χ1v) is 7.34. The van der Waals surface area contributed by atoms with Gasteiger partial charge < -0.3 is 10.2 Å². The van der Waals surface area contributed by atoms with Gasteiger partial charge in [-0.25, -0.2) is 4.98 Å². The summed E-state index contributed by atoms with van der Waals surface area (Å²) in [6, 6.07) is 4.64. The van der Waals surface area contributed by atoms with Gasteiger partial charge in [-0.15, -0.1) is 0 Å². The van der Waals surface area contributed by atoms with E-state index in [4.69, 9.17) is 0 Å². The molecule has 2 rings (SSSR count). The van der Waals surface area contributed by atoms with Gasteiger partial charge in [-0.2, -0.15) is 13.2 Å². The summed E-state index contributed by atoms with van der Waals surface area (Å²) in [5, 5.41) is 2.20. The lowest BCUT2D eigenvalue weighted by Crippen LogP contribution is -2.38. The SMILES string of the molecule is CCN(CC(=O)Nc1ccccc1C(F)(F)F)C(=O)c1cnccn1. The molecule has 6 nitrogen and oxygen atoms in total. The number of carbonyl (C=O) groups excluding carboxylic acids is 2. The van der Waals surface area contributed by atoms with Crippen LogP contribution in [-0.2, 0) is 11.0 Å². The third kappa shape index (κ3) is 4.75.